The van der Waals surface area contributed by atoms with Gasteiger partial charge in [0, 0.05) is 18.2 Å². The molecule has 0 aromatic heterocycles. The predicted octanol–water partition coefficient (Wildman–Crippen LogP) is 2.78. The normalized spacial score (nSPS) is 19.0. The van der Waals surface area contributed by atoms with Crippen LogP contribution in [-0.2, 0) is 0 Å². The van der Waals surface area contributed by atoms with Crippen LogP contribution in [0.1, 0.15) is 36.0 Å². The Labute approximate surface area is 132 Å². The second-order valence-corrected chi connectivity index (χ2v) is 5.94. The van der Waals surface area contributed by atoms with E-state index >= 15 is 0 Å². The molecule has 1 saturated carbocycles. The smallest absolute Gasteiger partial charge is 0.387 e. The topological polar surface area (TPSA) is 41.6 Å². The lowest BCUT2D eigenvalue weighted by Crippen LogP contribution is -2.47. The average Bonchev–Trinajstić information content (AvgIpc) is 3.32. The van der Waals surface area contributed by atoms with E-state index < -0.39 is 12.4 Å². The molecule has 1 aliphatic heterocycles. The number of carbonyl (C=O) groups excluding carboxylic acids is 1. The molecular weight excluding hydrogens is 309 g/mol. The summed E-state index contributed by atoms with van der Waals surface area (Å²) in [5.41, 5.74) is -0.0861. The van der Waals surface area contributed by atoms with E-state index in [0.29, 0.717) is 0 Å². The molecule has 1 aromatic rings. The molecule has 3 rings (SSSR count). The summed E-state index contributed by atoms with van der Waals surface area (Å²) in [5.74, 6) is -1.47. The molecular formula is C16H19F3N2O2. The van der Waals surface area contributed by atoms with Gasteiger partial charge in [-0.2, -0.15) is 8.78 Å². The van der Waals surface area contributed by atoms with Crippen molar-refractivity contribution in [3.8, 4) is 5.75 Å². The van der Waals surface area contributed by atoms with Gasteiger partial charge in [-0.25, -0.2) is 4.39 Å². The summed E-state index contributed by atoms with van der Waals surface area (Å²) in [4.78, 5) is 14.5. The van der Waals surface area contributed by atoms with Crippen LogP contribution in [0, 0.1) is 5.82 Å². The molecule has 1 amide bonds. The van der Waals surface area contributed by atoms with Gasteiger partial charge in [0.05, 0.1) is 5.56 Å². The average molecular weight is 328 g/mol. The van der Waals surface area contributed by atoms with Gasteiger partial charge < -0.3 is 15.0 Å². The van der Waals surface area contributed by atoms with Gasteiger partial charge >= 0.3 is 6.61 Å². The minimum Gasteiger partial charge on any atom is -0.435 e. The third kappa shape index (κ3) is 3.77. The van der Waals surface area contributed by atoms with Gasteiger partial charge in [0.2, 0.25) is 0 Å². The van der Waals surface area contributed by atoms with Crippen LogP contribution in [0.3, 0.4) is 0 Å². The van der Waals surface area contributed by atoms with E-state index in [0.717, 1.165) is 44.8 Å². The lowest BCUT2D eigenvalue weighted by molar-refractivity contribution is -0.0500. The van der Waals surface area contributed by atoms with Crippen LogP contribution >= 0.6 is 0 Å². The minimum atomic E-state index is -3.02. The Morgan fingerprint density at radius 1 is 1.17 bits per heavy atom. The standard InChI is InChI=1S/C16H19F3N2O2/c17-14-9-12(23-16(18)19)3-4-13(14)15(22)21(10-1-2-10)11-5-7-20-8-6-11/h3-4,9-11,16,20H,1-2,5-8H2. The van der Waals surface area contributed by atoms with Gasteiger partial charge in [-0.05, 0) is 50.9 Å². The van der Waals surface area contributed by atoms with Crippen molar-refractivity contribution in [1.82, 2.24) is 10.2 Å². The molecule has 1 N–H and O–H groups in total. The number of benzene rings is 1. The van der Waals surface area contributed by atoms with E-state index in [1.807, 2.05) is 0 Å². The molecule has 2 fully saturated rings. The largest absolute Gasteiger partial charge is 0.435 e. The number of hydrogen-bond acceptors (Lipinski definition) is 3. The number of nitrogens with zero attached hydrogens (tertiary/aromatic N) is 1. The third-order valence-electron chi connectivity index (χ3n) is 4.27. The Kier molecular flexibility index (Phi) is 4.75. The fourth-order valence-electron chi connectivity index (χ4n) is 3.05. The maximum Gasteiger partial charge on any atom is 0.387 e. The van der Waals surface area contributed by atoms with Crippen molar-refractivity contribution in [3.05, 3.63) is 29.6 Å². The molecule has 126 valence electrons. The van der Waals surface area contributed by atoms with Crippen LogP contribution in [0.2, 0.25) is 0 Å². The van der Waals surface area contributed by atoms with E-state index in [4.69, 9.17) is 0 Å². The number of hydrogen-bond donors (Lipinski definition) is 1. The summed E-state index contributed by atoms with van der Waals surface area (Å²) in [7, 11) is 0. The van der Waals surface area contributed by atoms with Crippen LogP contribution in [0.25, 0.3) is 0 Å². The van der Waals surface area contributed by atoms with Crippen LogP contribution in [0.15, 0.2) is 18.2 Å². The Bertz CT molecular complexity index is 572. The summed E-state index contributed by atoms with van der Waals surface area (Å²) in [6.45, 7) is -1.34. The van der Waals surface area contributed by atoms with Gasteiger partial charge in [0.25, 0.3) is 5.91 Å². The molecule has 0 atom stereocenters. The maximum atomic E-state index is 14.2. The van der Waals surface area contributed by atoms with E-state index in [1.165, 1.54) is 12.1 Å². The van der Waals surface area contributed by atoms with Crippen molar-refractivity contribution in [2.45, 2.75) is 44.4 Å². The molecule has 23 heavy (non-hydrogen) atoms. The Balaban J connectivity index is 1.79. The first-order valence-corrected chi connectivity index (χ1v) is 7.84. The zero-order valence-electron chi connectivity index (χ0n) is 12.6. The molecule has 0 bridgehead atoms. The number of ether oxygens (including phenoxy) is 1. The zero-order valence-corrected chi connectivity index (χ0v) is 12.6. The fraction of sp³-hybridized carbons (Fsp3) is 0.562. The lowest BCUT2D eigenvalue weighted by atomic mass is 10.0. The Hall–Kier alpha value is -1.76. The van der Waals surface area contributed by atoms with Crippen molar-refractivity contribution in [2.24, 2.45) is 0 Å². The van der Waals surface area contributed by atoms with Gasteiger partial charge in [-0.15, -0.1) is 0 Å². The van der Waals surface area contributed by atoms with Crippen LogP contribution in [-0.4, -0.2) is 42.6 Å². The van der Waals surface area contributed by atoms with Gasteiger partial charge in [-0.1, -0.05) is 0 Å². The fourth-order valence-corrected chi connectivity index (χ4v) is 3.05. The highest BCUT2D eigenvalue weighted by atomic mass is 19.3. The number of halogens is 3. The van der Waals surface area contributed by atoms with Gasteiger partial charge in [0.1, 0.15) is 11.6 Å². The lowest BCUT2D eigenvalue weighted by Gasteiger charge is -2.35. The highest BCUT2D eigenvalue weighted by molar-refractivity contribution is 5.95. The summed E-state index contributed by atoms with van der Waals surface area (Å²) in [5, 5.41) is 3.25. The number of nitrogens with one attached hydrogen (secondary N) is 1. The van der Waals surface area contributed by atoms with Crippen molar-refractivity contribution >= 4 is 5.91 Å². The molecule has 0 radical (unpaired) electrons. The molecule has 1 heterocycles. The number of rotatable bonds is 5. The number of amides is 1. The zero-order chi connectivity index (χ0) is 16.4. The summed E-state index contributed by atoms with van der Waals surface area (Å²) >= 11 is 0. The van der Waals surface area contributed by atoms with Crippen molar-refractivity contribution < 1.29 is 22.7 Å². The summed E-state index contributed by atoms with van der Waals surface area (Å²) < 4.78 is 42.7. The quantitative estimate of drug-likeness (QED) is 0.904. The third-order valence-corrected chi connectivity index (χ3v) is 4.27. The number of piperidine rings is 1. The summed E-state index contributed by atoms with van der Waals surface area (Å²) in [6, 6.07) is 3.55. The van der Waals surface area contributed by atoms with E-state index in [9.17, 15) is 18.0 Å². The molecule has 0 spiro atoms. The SMILES string of the molecule is O=C(c1ccc(OC(F)F)cc1F)N(C1CCNCC1)C1CC1. The van der Waals surface area contributed by atoms with Crippen LogP contribution in [0.4, 0.5) is 13.2 Å². The van der Waals surface area contributed by atoms with Crippen molar-refractivity contribution in [2.75, 3.05) is 13.1 Å². The Morgan fingerprint density at radius 2 is 1.83 bits per heavy atom. The van der Waals surface area contributed by atoms with Gasteiger partial charge in [0.15, 0.2) is 0 Å². The van der Waals surface area contributed by atoms with Crippen molar-refractivity contribution in [1.29, 1.82) is 0 Å². The van der Waals surface area contributed by atoms with E-state index in [2.05, 4.69) is 10.1 Å². The second-order valence-electron chi connectivity index (χ2n) is 5.94. The molecule has 0 unspecified atom stereocenters. The Morgan fingerprint density at radius 3 is 2.39 bits per heavy atom. The molecule has 4 nitrogen and oxygen atoms in total. The molecule has 1 aromatic carbocycles. The predicted molar refractivity (Wildman–Crippen MR) is 78.1 cm³/mol. The molecule has 1 aliphatic carbocycles. The first-order chi connectivity index (χ1) is 11.1. The maximum absolute atomic E-state index is 14.2. The highest BCUT2D eigenvalue weighted by Crippen LogP contribution is 2.33. The number of alkyl halides is 2. The molecule has 2 aliphatic rings. The van der Waals surface area contributed by atoms with Gasteiger partial charge in [-0.3, -0.25) is 4.79 Å². The van der Waals surface area contributed by atoms with Crippen LogP contribution in [0.5, 0.6) is 5.75 Å². The number of carbonyl (C=O) groups is 1. The second kappa shape index (κ2) is 6.78. The minimum absolute atomic E-state index is 0.0861. The van der Waals surface area contributed by atoms with E-state index in [1.54, 1.807) is 4.90 Å². The monoisotopic (exact) mass is 328 g/mol. The van der Waals surface area contributed by atoms with E-state index in [-0.39, 0.29) is 29.3 Å². The first kappa shape index (κ1) is 16.1. The first-order valence-electron chi connectivity index (χ1n) is 7.84. The highest BCUT2D eigenvalue weighted by Gasteiger charge is 2.38. The van der Waals surface area contributed by atoms with Crippen molar-refractivity contribution in [3.63, 3.8) is 0 Å². The molecule has 7 heteroatoms. The summed E-state index contributed by atoms with van der Waals surface area (Å²) in [6.07, 6.45) is 3.56. The molecule has 1 saturated heterocycles. The van der Waals surface area contributed by atoms with Crippen LogP contribution < -0.4 is 10.1 Å².